The quantitative estimate of drug-likeness (QED) is 0.625. The van der Waals surface area contributed by atoms with E-state index in [4.69, 9.17) is 9.47 Å². The summed E-state index contributed by atoms with van der Waals surface area (Å²) in [5.74, 6) is 1.40. The Hall–Kier alpha value is -3.34. The molecule has 26 heavy (non-hydrogen) atoms. The van der Waals surface area contributed by atoms with Gasteiger partial charge < -0.3 is 9.47 Å². The second kappa shape index (κ2) is 8.16. The van der Waals surface area contributed by atoms with Gasteiger partial charge in [-0.1, -0.05) is 30.3 Å². The van der Waals surface area contributed by atoms with Gasteiger partial charge in [0, 0.05) is 24.2 Å². The molecule has 1 heterocycles. The molecule has 132 valence electrons. The molecule has 0 saturated carbocycles. The highest BCUT2D eigenvalue weighted by Gasteiger charge is 2.13. The van der Waals surface area contributed by atoms with Crippen LogP contribution in [0.3, 0.4) is 0 Å². The molecule has 0 saturated heterocycles. The number of aromatic nitrogens is 2. The molecule has 0 aliphatic carbocycles. The minimum Gasteiger partial charge on any atom is -0.501 e. The molecular weight excluding hydrogens is 328 g/mol. The smallest absolute Gasteiger partial charge is 0.267 e. The van der Waals surface area contributed by atoms with Crippen LogP contribution >= 0.6 is 0 Å². The van der Waals surface area contributed by atoms with E-state index in [-0.39, 0.29) is 5.56 Å². The van der Waals surface area contributed by atoms with E-state index in [0.717, 1.165) is 11.3 Å². The van der Waals surface area contributed by atoms with Crippen molar-refractivity contribution in [3.05, 3.63) is 82.8 Å². The Balaban J connectivity index is 2.09. The lowest BCUT2D eigenvalue weighted by atomic mass is 10.1. The fourth-order valence-electron chi connectivity index (χ4n) is 2.47. The van der Waals surface area contributed by atoms with Crippen molar-refractivity contribution in [3.63, 3.8) is 0 Å². The van der Waals surface area contributed by atoms with Crippen molar-refractivity contribution in [2.24, 2.45) is 7.05 Å². The standard InChI is InChI=1S/C21H20N2O3/c1-3-25-14-13-16-15-20(24)23(2)22-21(16)18-11-7-8-12-19(18)26-17-9-5-4-6-10-17/h4-15H,3H2,1-2H3. The van der Waals surface area contributed by atoms with Crippen LogP contribution in [0.2, 0.25) is 0 Å². The number of hydrogen-bond donors (Lipinski definition) is 0. The summed E-state index contributed by atoms with van der Waals surface area (Å²) in [4.78, 5) is 12.0. The molecule has 3 rings (SSSR count). The molecule has 0 N–H and O–H groups in total. The Morgan fingerprint density at radius 2 is 1.81 bits per heavy atom. The topological polar surface area (TPSA) is 53.4 Å². The van der Waals surface area contributed by atoms with Crippen LogP contribution in [0.25, 0.3) is 17.3 Å². The van der Waals surface area contributed by atoms with Gasteiger partial charge in [-0.05, 0) is 37.3 Å². The zero-order valence-electron chi connectivity index (χ0n) is 14.8. The van der Waals surface area contributed by atoms with Gasteiger partial charge in [-0.15, -0.1) is 0 Å². The molecular formula is C21H20N2O3. The summed E-state index contributed by atoms with van der Waals surface area (Å²) >= 11 is 0. The Kier molecular flexibility index (Phi) is 5.49. The van der Waals surface area contributed by atoms with Crippen molar-refractivity contribution < 1.29 is 9.47 Å². The zero-order valence-corrected chi connectivity index (χ0v) is 14.8. The van der Waals surface area contributed by atoms with Gasteiger partial charge in [-0.3, -0.25) is 4.79 Å². The number of hydrogen-bond acceptors (Lipinski definition) is 4. The van der Waals surface area contributed by atoms with Crippen molar-refractivity contribution in [2.45, 2.75) is 6.92 Å². The van der Waals surface area contributed by atoms with Gasteiger partial charge in [0.15, 0.2) is 0 Å². The molecule has 5 heteroatoms. The lowest BCUT2D eigenvalue weighted by molar-refractivity contribution is 0.272. The highest BCUT2D eigenvalue weighted by atomic mass is 16.5. The highest BCUT2D eigenvalue weighted by Crippen LogP contribution is 2.33. The first-order chi connectivity index (χ1) is 12.7. The summed E-state index contributed by atoms with van der Waals surface area (Å²) in [7, 11) is 1.63. The first-order valence-electron chi connectivity index (χ1n) is 8.38. The van der Waals surface area contributed by atoms with E-state index in [0.29, 0.717) is 23.6 Å². The Morgan fingerprint density at radius 3 is 2.58 bits per heavy atom. The third-order valence-electron chi connectivity index (χ3n) is 3.75. The van der Waals surface area contributed by atoms with Gasteiger partial charge in [0.1, 0.15) is 17.2 Å². The minimum atomic E-state index is -0.189. The van der Waals surface area contributed by atoms with Gasteiger partial charge >= 0.3 is 0 Å². The normalized spacial score (nSPS) is 10.8. The van der Waals surface area contributed by atoms with E-state index in [2.05, 4.69) is 5.10 Å². The zero-order chi connectivity index (χ0) is 18.4. The van der Waals surface area contributed by atoms with E-state index in [1.807, 2.05) is 61.5 Å². The monoisotopic (exact) mass is 348 g/mol. The lowest BCUT2D eigenvalue weighted by Crippen LogP contribution is -2.20. The first-order valence-corrected chi connectivity index (χ1v) is 8.38. The summed E-state index contributed by atoms with van der Waals surface area (Å²) in [5, 5.41) is 4.44. The predicted molar refractivity (Wildman–Crippen MR) is 102 cm³/mol. The molecule has 0 radical (unpaired) electrons. The molecule has 3 aromatic rings. The highest BCUT2D eigenvalue weighted by molar-refractivity contribution is 5.75. The molecule has 0 unspecified atom stereocenters. The molecule has 0 atom stereocenters. The third kappa shape index (κ3) is 4.00. The first kappa shape index (κ1) is 17.5. The van der Waals surface area contributed by atoms with Crippen LogP contribution in [-0.2, 0) is 11.8 Å². The van der Waals surface area contributed by atoms with Crippen LogP contribution in [0.4, 0.5) is 0 Å². The van der Waals surface area contributed by atoms with E-state index in [1.54, 1.807) is 19.4 Å². The Bertz CT molecular complexity index is 962. The number of ether oxygens (including phenoxy) is 2. The lowest BCUT2D eigenvalue weighted by Gasteiger charge is -2.13. The van der Waals surface area contributed by atoms with Crippen LogP contribution in [0.15, 0.2) is 71.7 Å². The molecule has 0 aliphatic heterocycles. The van der Waals surface area contributed by atoms with Crippen LogP contribution in [0, 0.1) is 0 Å². The maximum Gasteiger partial charge on any atom is 0.267 e. The average Bonchev–Trinajstić information content (AvgIpc) is 2.66. The molecule has 0 aliphatic rings. The van der Waals surface area contributed by atoms with Crippen LogP contribution in [0.1, 0.15) is 12.5 Å². The fraction of sp³-hybridized carbons (Fsp3) is 0.143. The maximum absolute atomic E-state index is 12.0. The second-order valence-corrected chi connectivity index (χ2v) is 5.58. The molecule has 0 bridgehead atoms. The van der Waals surface area contributed by atoms with Crippen LogP contribution in [-0.4, -0.2) is 16.4 Å². The second-order valence-electron chi connectivity index (χ2n) is 5.58. The van der Waals surface area contributed by atoms with Crippen LogP contribution < -0.4 is 10.3 Å². The van der Waals surface area contributed by atoms with E-state index in [1.165, 1.54) is 10.7 Å². The Morgan fingerprint density at radius 1 is 1.08 bits per heavy atom. The number of benzene rings is 2. The fourth-order valence-corrected chi connectivity index (χ4v) is 2.47. The van der Waals surface area contributed by atoms with Crippen molar-refractivity contribution in [1.82, 2.24) is 9.78 Å². The van der Waals surface area contributed by atoms with Crippen molar-refractivity contribution >= 4 is 6.08 Å². The average molecular weight is 348 g/mol. The number of rotatable bonds is 6. The van der Waals surface area contributed by atoms with Crippen molar-refractivity contribution in [3.8, 4) is 22.8 Å². The minimum absolute atomic E-state index is 0.189. The maximum atomic E-state index is 12.0. The largest absolute Gasteiger partial charge is 0.501 e. The molecule has 1 aromatic heterocycles. The number of aryl methyl sites for hydroxylation is 1. The van der Waals surface area contributed by atoms with Gasteiger partial charge in [-0.25, -0.2) is 4.68 Å². The summed E-state index contributed by atoms with van der Waals surface area (Å²) in [6, 6.07) is 18.7. The molecule has 5 nitrogen and oxygen atoms in total. The number of nitrogens with zero attached hydrogens (tertiary/aromatic N) is 2. The van der Waals surface area contributed by atoms with Gasteiger partial charge in [0.05, 0.1) is 12.9 Å². The molecule has 2 aromatic carbocycles. The van der Waals surface area contributed by atoms with E-state index < -0.39 is 0 Å². The van der Waals surface area contributed by atoms with Crippen molar-refractivity contribution in [2.75, 3.05) is 6.61 Å². The van der Waals surface area contributed by atoms with E-state index >= 15 is 0 Å². The van der Waals surface area contributed by atoms with Gasteiger partial charge in [-0.2, -0.15) is 5.10 Å². The van der Waals surface area contributed by atoms with Crippen molar-refractivity contribution in [1.29, 1.82) is 0 Å². The SMILES string of the molecule is CCOC=Cc1cc(=O)n(C)nc1-c1ccccc1Oc1ccccc1. The molecule has 0 spiro atoms. The predicted octanol–water partition coefficient (Wildman–Crippen LogP) is 4.25. The summed E-state index contributed by atoms with van der Waals surface area (Å²) in [6.45, 7) is 2.45. The molecule has 0 fully saturated rings. The van der Waals surface area contributed by atoms with E-state index in [9.17, 15) is 4.79 Å². The summed E-state index contributed by atoms with van der Waals surface area (Å²) in [5.41, 5.74) is 1.93. The summed E-state index contributed by atoms with van der Waals surface area (Å²) in [6.07, 6.45) is 3.31. The number of para-hydroxylation sites is 2. The van der Waals surface area contributed by atoms with Crippen LogP contribution in [0.5, 0.6) is 11.5 Å². The Labute approximate surface area is 152 Å². The summed E-state index contributed by atoms with van der Waals surface area (Å²) < 4.78 is 12.6. The van der Waals surface area contributed by atoms with Gasteiger partial charge in [0.25, 0.3) is 5.56 Å². The third-order valence-corrected chi connectivity index (χ3v) is 3.75. The van der Waals surface area contributed by atoms with Gasteiger partial charge in [0.2, 0.25) is 0 Å². The molecule has 0 amide bonds.